The maximum absolute atomic E-state index is 15.2. The van der Waals surface area contributed by atoms with E-state index in [1.807, 2.05) is 24.3 Å². The normalized spacial score (nSPS) is 12.0. The van der Waals surface area contributed by atoms with Crippen LogP contribution in [0.3, 0.4) is 0 Å². The number of carbonyl (C=O) groups excluding carboxylic acids is 1. The van der Waals surface area contributed by atoms with E-state index in [4.69, 9.17) is 13.6 Å². The summed E-state index contributed by atoms with van der Waals surface area (Å²) in [6.07, 6.45) is 29.7. The predicted molar refractivity (Wildman–Crippen MR) is 279 cm³/mol. The second-order valence-electron chi connectivity index (χ2n) is 19.1. The molecule has 0 spiro atoms. The molecule has 0 bridgehead atoms. The monoisotopic (exact) mass is 895 g/mol. The van der Waals surface area contributed by atoms with Gasteiger partial charge in [-0.25, -0.2) is 4.79 Å². The van der Waals surface area contributed by atoms with Crippen molar-refractivity contribution in [3.63, 3.8) is 0 Å². The maximum atomic E-state index is 15.2. The average Bonchev–Trinajstić information content (AvgIpc) is 3.30. The van der Waals surface area contributed by atoms with Gasteiger partial charge in [0.05, 0.1) is 0 Å². The smallest absolute Gasteiger partial charge is 0.347 e. The fraction of sp³-hybridized carbons (Fsp3) is 0.632. The fourth-order valence-electron chi connectivity index (χ4n) is 9.85. The number of hydrogen-bond donors (Lipinski definition) is 0. The van der Waals surface area contributed by atoms with Gasteiger partial charge in [0.1, 0.15) is 22.8 Å². The number of ether oxygens (including phenoxy) is 1. The summed E-state index contributed by atoms with van der Waals surface area (Å²) in [6.45, 7) is 13.8. The van der Waals surface area contributed by atoms with Crippen LogP contribution in [-0.4, -0.2) is 22.6 Å². The molecule has 0 fully saturated rings. The number of rotatable bonds is 36. The minimum Gasteiger partial charge on any atom is -0.543 e. The van der Waals surface area contributed by atoms with Gasteiger partial charge in [-0.1, -0.05) is 256 Å². The molecule has 0 aromatic heterocycles. The third-order valence-corrected chi connectivity index (χ3v) is 22.6. The van der Waals surface area contributed by atoms with Crippen molar-refractivity contribution >= 4 is 44.1 Å². The number of esters is 1. The molecule has 0 aliphatic rings. The van der Waals surface area contributed by atoms with E-state index < -0.39 is 16.6 Å². The Labute approximate surface area is 388 Å². The summed E-state index contributed by atoms with van der Waals surface area (Å²) in [7, 11) is -4.69. The van der Waals surface area contributed by atoms with Gasteiger partial charge in [0.15, 0.2) is 0 Å². The van der Waals surface area contributed by atoms with Gasteiger partial charge >= 0.3 is 5.97 Å². The molecule has 4 aromatic rings. The van der Waals surface area contributed by atoms with Crippen LogP contribution in [0.15, 0.2) is 72.8 Å². The third kappa shape index (κ3) is 17.3. The second kappa shape index (κ2) is 30.2. The second-order valence-corrected chi connectivity index (χ2v) is 27.2. The van der Waals surface area contributed by atoms with Gasteiger partial charge in [0, 0.05) is 16.2 Å². The van der Waals surface area contributed by atoms with Crippen molar-refractivity contribution < 1.29 is 18.4 Å². The molecule has 4 nitrogen and oxygen atoms in total. The highest BCUT2D eigenvalue weighted by molar-refractivity contribution is 6.75. The lowest BCUT2D eigenvalue weighted by Crippen LogP contribution is -2.43. The Balaban J connectivity index is 1.95. The largest absolute Gasteiger partial charge is 0.543 e. The maximum Gasteiger partial charge on any atom is 0.347 e. The van der Waals surface area contributed by atoms with Crippen LogP contribution in [-0.2, 0) is 0 Å². The zero-order chi connectivity index (χ0) is 45.0. The minimum absolute atomic E-state index is 0.344. The molecule has 0 amide bonds. The van der Waals surface area contributed by atoms with E-state index in [2.05, 4.69) is 90.1 Å². The number of carbonyl (C=O) groups is 1. The van der Waals surface area contributed by atoms with Gasteiger partial charge in [-0.3, -0.25) is 0 Å². The minimum atomic E-state index is -2.40. The van der Waals surface area contributed by atoms with Gasteiger partial charge in [-0.2, -0.15) is 0 Å². The van der Waals surface area contributed by atoms with Crippen LogP contribution in [0.2, 0.25) is 36.3 Å². The zero-order valence-corrected chi connectivity index (χ0v) is 43.3. The molecular formula is C57H90O4Si2. The third-order valence-electron chi connectivity index (χ3n) is 13.7. The summed E-state index contributed by atoms with van der Waals surface area (Å²) >= 11 is 0. The Kier molecular flexibility index (Phi) is 25.2. The summed E-state index contributed by atoms with van der Waals surface area (Å²) in [6, 6.07) is 32.0. The number of unbranched alkanes of at least 4 members (excludes halogenated alkanes) is 18. The first-order valence-electron chi connectivity index (χ1n) is 26.5. The first-order chi connectivity index (χ1) is 30.9. The summed E-state index contributed by atoms with van der Waals surface area (Å²) in [5.74, 6) is 1.87. The number of benzene rings is 4. The van der Waals surface area contributed by atoms with E-state index in [1.54, 1.807) is 0 Å². The Morgan fingerprint density at radius 3 is 1.22 bits per heavy atom. The molecule has 63 heavy (non-hydrogen) atoms. The summed E-state index contributed by atoms with van der Waals surface area (Å²) in [5.41, 5.74) is 0.537. The van der Waals surface area contributed by atoms with Crippen molar-refractivity contribution in [3.8, 4) is 17.2 Å². The summed E-state index contributed by atoms with van der Waals surface area (Å²) in [4.78, 5) is 15.2. The van der Waals surface area contributed by atoms with E-state index in [-0.39, 0.29) is 5.97 Å². The van der Waals surface area contributed by atoms with Crippen molar-refractivity contribution in [1.29, 1.82) is 0 Å². The Hall–Kier alpha value is -3.10. The molecular weight excluding hydrogens is 805 g/mol. The fourth-order valence-corrected chi connectivity index (χ4v) is 18.6. The molecule has 4 rings (SSSR count). The average molecular weight is 896 g/mol. The van der Waals surface area contributed by atoms with Crippen LogP contribution in [0.25, 0.3) is 21.5 Å². The molecule has 0 aliphatic heterocycles. The van der Waals surface area contributed by atoms with Crippen LogP contribution in [0.1, 0.15) is 206 Å². The molecule has 0 radical (unpaired) electrons. The molecule has 0 unspecified atom stereocenters. The lowest BCUT2D eigenvalue weighted by molar-refractivity contribution is 0.0735. The van der Waals surface area contributed by atoms with Gasteiger partial charge in [-0.05, 0) is 53.8 Å². The van der Waals surface area contributed by atoms with Crippen LogP contribution >= 0.6 is 0 Å². The van der Waals surface area contributed by atoms with Crippen molar-refractivity contribution in [2.24, 2.45) is 0 Å². The van der Waals surface area contributed by atoms with Crippen molar-refractivity contribution in [1.82, 2.24) is 0 Å². The van der Waals surface area contributed by atoms with Crippen LogP contribution in [0.4, 0.5) is 0 Å². The molecule has 6 heteroatoms. The van der Waals surface area contributed by atoms with E-state index in [0.717, 1.165) is 51.2 Å². The summed E-state index contributed by atoms with van der Waals surface area (Å²) < 4.78 is 22.3. The molecule has 0 heterocycles. The van der Waals surface area contributed by atoms with Crippen molar-refractivity contribution in [2.75, 3.05) is 0 Å². The van der Waals surface area contributed by atoms with E-state index in [0.29, 0.717) is 11.3 Å². The molecule has 0 saturated heterocycles. The Bertz CT molecular complexity index is 1790. The standard InChI is InChI=1S/C57H90O4Si2/c1-7-13-19-29-42-62(43-30-20-14-8-2,44-31-21-15-9-3)60-55-48-53(57(58)59-54-41-35-37-49-36-25-26-38-50(49)54)56(52-40-28-27-39-51(52)55)61-63(45-32-22-16-10-4,46-33-23-17-11-5)47-34-24-18-12-6/h25-28,35-41,48H,7-24,29-34,42-47H2,1-6H3. The highest BCUT2D eigenvalue weighted by atomic mass is 28.4. The number of hydrogen-bond acceptors (Lipinski definition) is 4. The molecule has 0 atom stereocenters. The highest BCUT2D eigenvalue weighted by Gasteiger charge is 2.40. The predicted octanol–water partition coefficient (Wildman–Crippen LogP) is 19.3. The van der Waals surface area contributed by atoms with E-state index in [9.17, 15) is 0 Å². The first-order valence-corrected chi connectivity index (χ1v) is 31.6. The SMILES string of the molecule is CCCCCC[Si](CCCCCC)(CCCCCC)Oc1cc(C(=O)Oc2cccc3ccccc23)c(O[Si](CCCCCC)(CCCCCC)CCCCCC)c2ccccc12. The van der Waals surface area contributed by atoms with Crippen molar-refractivity contribution in [2.45, 2.75) is 232 Å². The first kappa shape index (κ1) is 52.5. The van der Waals surface area contributed by atoms with Crippen LogP contribution in [0, 0.1) is 0 Å². The molecule has 4 aromatic carbocycles. The Morgan fingerprint density at radius 1 is 0.397 bits per heavy atom. The summed E-state index contributed by atoms with van der Waals surface area (Å²) in [5, 5.41) is 4.10. The van der Waals surface area contributed by atoms with Gasteiger partial charge < -0.3 is 13.6 Å². The molecule has 0 N–H and O–H groups in total. The zero-order valence-electron chi connectivity index (χ0n) is 41.3. The van der Waals surface area contributed by atoms with Gasteiger partial charge in [-0.15, -0.1) is 0 Å². The molecule has 350 valence electrons. The van der Waals surface area contributed by atoms with Crippen molar-refractivity contribution in [3.05, 3.63) is 78.4 Å². The quantitative estimate of drug-likeness (QED) is 0.0197. The topological polar surface area (TPSA) is 44.8 Å². The van der Waals surface area contributed by atoms with E-state index in [1.165, 1.54) is 172 Å². The highest BCUT2D eigenvalue weighted by Crippen LogP contribution is 2.44. The van der Waals surface area contributed by atoms with Crippen LogP contribution < -0.4 is 13.6 Å². The number of fused-ring (bicyclic) bond motifs is 2. The van der Waals surface area contributed by atoms with Gasteiger partial charge in [0.25, 0.3) is 16.6 Å². The molecule has 0 saturated carbocycles. The molecule has 0 aliphatic carbocycles. The lowest BCUT2D eigenvalue weighted by atomic mass is 10.0. The Morgan fingerprint density at radius 2 is 0.778 bits per heavy atom. The van der Waals surface area contributed by atoms with E-state index >= 15 is 4.79 Å². The van der Waals surface area contributed by atoms with Gasteiger partial charge in [0.2, 0.25) is 0 Å². The van der Waals surface area contributed by atoms with Crippen LogP contribution in [0.5, 0.6) is 17.2 Å². The lowest BCUT2D eigenvalue weighted by Gasteiger charge is -2.36.